The number of hydrogen-bond donors (Lipinski definition) is 28. The van der Waals surface area contributed by atoms with Crippen LogP contribution in [0.2, 0.25) is 0 Å². The van der Waals surface area contributed by atoms with Gasteiger partial charge in [0.2, 0.25) is 112 Å². The van der Waals surface area contributed by atoms with Gasteiger partial charge in [-0.3, -0.25) is 91.1 Å². The predicted molar refractivity (Wildman–Crippen MR) is 576 cm³/mol. The third-order valence-corrected chi connectivity index (χ3v) is 25.5. The lowest BCUT2D eigenvalue weighted by Crippen LogP contribution is -2.60. The molecule has 2 heterocycles. The first-order valence-electron chi connectivity index (χ1n) is 52.6. The third-order valence-electron chi connectivity index (χ3n) is 25.1. The maximum absolute atomic E-state index is 14.9. The summed E-state index contributed by atoms with van der Waals surface area (Å²) in [5.41, 5.74) is 43.4. The number of thiol groups is 1. The minimum Gasteiger partial charge on any atom is -0.368 e. The fourth-order valence-corrected chi connectivity index (χ4v) is 16.8. The van der Waals surface area contributed by atoms with Crippen LogP contribution in [0.15, 0.2) is 60.9 Å². The van der Waals surface area contributed by atoms with Crippen LogP contribution < -0.4 is 136 Å². The summed E-state index contributed by atoms with van der Waals surface area (Å²) in [6.45, 7) is 27.5. The summed E-state index contributed by atoms with van der Waals surface area (Å²) in [7, 11) is 0. The van der Waals surface area contributed by atoms with Gasteiger partial charge in [-0.1, -0.05) is 112 Å². The van der Waals surface area contributed by atoms with Crippen molar-refractivity contribution in [3.63, 3.8) is 0 Å². The van der Waals surface area contributed by atoms with E-state index in [0.717, 1.165) is 10.9 Å². The van der Waals surface area contributed by atoms with Crippen LogP contribution in [0.5, 0.6) is 0 Å². The second-order valence-corrected chi connectivity index (χ2v) is 41.4. The van der Waals surface area contributed by atoms with Crippen LogP contribution in [0.1, 0.15) is 250 Å². The van der Waals surface area contributed by atoms with Gasteiger partial charge in [0.15, 0.2) is 0 Å². The highest BCUT2D eigenvalue weighted by Crippen LogP contribution is 2.24. The van der Waals surface area contributed by atoms with Crippen molar-refractivity contribution in [2.45, 2.75) is 367 Å². The molecule has 34 N–H and O–H groups in total. The Hall–Kier alpha value is -12.4. The molecule has 0 aliphatic rings. The van der Waals surface area contributed by atoms with Crippen LogP contribution in [0.4, 0.5) is 0 Å². The summed E-state index contributed by atoms with van der Waals surface area (Å²) in [5, 5.41) is 49.8. The highest BCUT2D eigenvalue weighted by Gasteiger charge is 2.40. The van der Waals surface area contributed by atoms with E-state index in [1.807, 2.05) is 32.0 Å². The minimum atomic E-state index is -1.43. The molecule has 4 aromatic rings. The number of unbranched alkanes of at least 4 members (excludes halogenated alkanes) is 5. The van der Waals surface area contributed by atoms with Crippen LogP contribution in [-0.4, -0.2) is 275 Å². The summed E-state index contributed by atoms with van der Waals surface area (Å²) < 4.78 is 0. The summed E-state index contributed by atoms with van der Waals surface area (Å²) in [6.07, 6.45) is 7.97. The number of hydrogen-bond acceptors (Lipinski definition) is 26. The molecule has 0 spiro atoms. The monoisotopic (exact) mass is 2120 g/mol. The van der Waals surface area contributed by atoms with Gasteiger partial charge in [-0.05, 0) is 249 Å². The summed E-state index contributed by atoms with van der Waals surface area (Å²) in [6, 6.07) is -10.0. The van der Waals surface area contributed by atoms with Gasteiger partial charge in [-0.15, -0.1) is 0 Å². The standard InChI is InChI=1S/C103H173N27O19S/c1-55(2)45-77(127-92(138)70(109)33-21-26-40-104)97(143)116-64(15)90(136)126-83(51-67-53-112-72-35-20-18-32-69(67)72)103(149)122-76(39-25-30-44-108)95(141)128-78(46-56(3)4)98(144)117-63(14)89(135)124-81(49-59(9)10)101(147)120-74(37-23-28-42-106)94(140)115-62(13)88(134)123-80(48-58(7)8)100(146)119-73(36-22-27-41-105)93(139)114-60(11)86(132)113-61(12)87(133)125-82(50-66-52-111-71-34-19-17-31-68(66)71)102(148)121-75(38-24-29-43-107)96(142)129-79(47-57(5)6)99(145)118-65(16)91(137)130-84(54-150)85(110)131/h17-20,31-32,34-35,52-53,55-65,70,73-84,111-112,150H,21-30,33,36-51,54,104-109H2,1-16H3,(H2,110,131)(H,113,132)(H,114,139)(H,115,140)(H,116,143)(H,117,144)(H,118,145)(H,119,146)(H,120,147)(H,121,148)(H,122,149)(H,123,134)(H,124,135)(H,125,133)(H,126,136)(H,127,138)(H,128,141)(H,129,142)(H,130,137)/t60-,61-,62-,63-,64-,65-,70-,73-,74-,75-,76-,77-,78-,79-,80-,81-,82-,83-,84-/m0/s1. The first kappa shape index (κ1) is 130. The number of para-hydroxylation sites is 2. The molecule has 2 aromatic heterocycles. The zero-order valence-electron chi connectivity index (χ0n) is 90.2. The fourth-order valence-electron chi connectivity index (χ4n) is 16.6. The second-order valence-electron chi connectivity index (χ2n) is 41.0. The molecular weight excluding hydrogens is 1950 g/mol. The molecule has 47 heteroatoms. The molecule has 0 aliphatic heterocycles. The SMILES string of the molecule is CC(C)C[C@H](NC(=O)[C@H](C)NC(=O)[C@H](CCCCN)NC(=O)[C@H](CC(C)C)NC(=O)[C@H](C)NC(=O)[C@H](CC(C)C)NC(=O)[C@H](CCCCN)NC(=O)[C@H](Cc1c[nH]c2ccccc12)NC(=O)[C@H](C)NC(=O)[C@H](CC(C)C)NC(=O)[C@@H](N)CCCCN)C(=O)N[C@@H](CCCCN)C(=O)N[C@@H](C)C(=O)N[C@@H](C)C(=O)N[C@@H](Cc1c[nH]c2ccccc12)C(=O)N[C@@H](CCCCN)C(=O)N[C@@H](CC(C)C)C(=O)N[C@@H](C)C(=O)N[C@@H](CS)C(N)=O. The van der Waals surface area contributed by atoms with Gasteiger partial charge in [-0.25, -0.2) is 0 Å². The number of H-pyrrole nitrogens is 2. The molecular formula is C103H173N27O19S. The number of primary amides is 1. The molecule has 0 radical (unpaired) electrons. The Morgan fingerprint density at radius 2 is 0.440 bits per heavy atom. The Balaban J connectivity index is 1.51. The van der Waals surface area contributed by atoms with Gasteiger partial charge in [0.25, 0.3) is 0 Å². The molecule has 0 saturated heterocycles. The van der Waals surface area contributed by atoms with E-state index in [-0.39, 0.29) is 132 Å². The summed E-state index contributed by atoms with van der Waals surface area (Å²) in [5.74, 6) is -16.2. The molecule has 0 unspecified atom stereocenters. The molecule has 2 aromatic carbocycles. The van der Waals surface area contributed by atoms with E-state index in [1.165, 1.54) is 41.5 Å². The number of nitrogens with two attached hydrogens (primary N) is 7. The zero-order chi connectivity index (χ0) is 112. The van der Waals surface area contributed by atoms with Gasteiger partial charge in [-0.2, -0.15) is 12.6 Å². The van der Waals surface area contributed by atoms with Crippen molar-refractivity contribution >= 4 is 147 Å². The average molecular weight is 2130 g/mol. The zero-order valence-corrected chi connectivity index (χ0v) is 91.1. The predicted octanol–water partition coefficient (Wildman–Crippen LogP) is -1.10. The molecule has 4 rings (SSSR count). The van der Waals surface area contributed by atoms with Crippen molar-refractivity contribution in [1.82, 2.24) is 106 Å². The highest BCUT2D eigenvalue weighted by atomic mass is 32.1. The van der Waals surface area contributed by atoms with Crippen LogP contribution in [0, 0.1) is 29.6 Å². The molecule has 0 bridgehead atoms. The first-order valence-corrected chi connectivity index (χ1v) is 53.3. The molecule has 150 heavy (non-hydrogen) atoms. The first-order chi connectivity index (χ1) is 70.9. The third kappa shape index (κ3) is 46.2. The van der Waals surface area contributed by atoms with E-state index in [1.54, 1.807) is 98.1 Å². The van der Waals surface area contributed by atoms with E-state index in [9.17, 15) is 91.1 Å². The normalized spacial score (nSPS) is 15.3. The lowest BCUT2D eigenvalue weighted by atomic mass is 10.00. The van der Waals surface area contributed by atoms with Gasteiger partial charge in [0.05, 0.1) is 6.04 Å². The molecule has 46 nitrogen and oxygen atoms in total. The van der Waals surface area contributed by atoms with E-state index in [4.69, 9.17) is 40.1 Å². The quantitative estimate of drug-likeness (QED) is 0.0184. The topological polar surface area (TPSA) is 755 Å². The van der Waals surface area contributed by atoms with Gasteiger partial charge in [0.1, 0.15) is 109 Å². The lowest BCUT2D eigenvalue weighted by Gasteiger charge is -2.28. The second kappa shape index (κ2) is 67.7. The highest BCUT2D eigenvalue weighted by molar-refractivity contribution is 7.80. The van der Waals surface area contributed by atoms with Crippen LogP contribution >= 0.6 is 12.6 Å². The number of aromatic amines is 2. The van der Waals surface area contributed by atoms with Crippen molar-refractivity contribution < 1.29 is 91.1 Å². The van der Waals surface area contributed by atoms with E-state index in [2.05, 4.69) is 118 Å². The molecule has 0 aliphatic carbocycles. The largest absolute Gasteiger partial charge is 0.368 e. The van der Waals surface area contributed by atoms with E-state index >= 15 is 0 Å². The van der Waals surface area contributed by atoms with E-state index < -0.39 is 227 Å². The van der Waals surface area contributed by atoms with Crippen molar-refractivity contribution in [2.75, 3.05) is 38.5 Å². The van der Waals surface area contributed by atoms with Crippen molar-refractivity contribution in [3.8, 4) is 0 Å². The summed E-state index contributed by atoms with van der Waals surface area (Å²) >= 11 is 4.06. The maximum atomic E-state index is 14.9. The van der Waals surface area contributed by atoms with Gasteiger partial charge in [0, 0.05) is 52.8 Å². The van der Waals surface area contributed by atoms with Crippen molar-refractivity contribution in [1.29, 1.82) is 0 Å². The smallest absolute Gasteiger partial charge is 0.243 e. The number of amides is 19. The van der Waals surface area contributed by atoms with Gasteiger partial charge >= 0.3 is 0 Å². The van der Waals surface area contributed by atoms with E-state index in [0.29, 0.717) is 99.2 Å². The molecule has 19 amide bonds. The minimum absolute atomic E-state index is 0.00476. The van der Waals surface area contributed by atoms with Crippen molar-refractivity contribution in [2.24, 2.45) is 69.7 Å². The Morgan fingerprint density at radius 1 is 0.247 bits per heavy atom. The summed E-state index contributed by atoms with van der Waals surface area (Å²) in [4.78, 5) is 275. The number of benzene rings is 2. The van der Waals surface area contributed by atoms with Crippen LogP contribution in [0.25, 0.3) is 21.8 Å². The number of aromatic nitrogens is 2. The molecule has 0 fully saturated rings. The molecule has 0 saturated carbocycles. The average Bonchev–Trinajstić information content (AvgIpc) is 1.67. The molecule has 840 valence electrons. The number of carbonyl (C=O) groups is 19. The Morgan fingerprint density at radius 3 is 0.693 bits per heavy atom. The number of rotatable bonds is 72. The number of fused-ring (bicyclic) bond motifs is 2. The van der Waals surface area contributed by atoms with Gasteiger partial charge < -0.3 is 146 Å². The lowest BCUT2D eigenvalue weighted by molar-refractivity contribution is -0.136. The Bertz CT molecular complexity index is 5050. The van der Waals surface area contributed by atoms with Crippen molar-refractivity contribution in [3.05, 3.63) is 72.1 Å². The van der Waals surface area contributed by atoms with Crippen LogP contribution in [-0.2, 0) is 104 Å². The number of carbonyl (C=O) groups excluding carboxylic acids is 19. The van der Waals surface area contributed by atoms with Crippen LogP contribution in [0.3, 0.4) is 0 Å². The maximum Gasteiger partial charge on any atom is 0.243 e. The molecule has 19 atom stereocenters. The Kier molecular flexibility index (Phi) is 58.6. The number of nitrogens with one attached hydrogen (secondary N) is 20. The fraction of sp³-hybridized carbons (Fsp3) is 0.660. The Labute approximate surface area is 886 Å².